The molecule has 0 unspecified atom stereocenters. The van der Waals surface area contributed by atoms with E-state index < -0.39 is 0 Å². The van der Waals surface area contributed by atoms with Crippen molar-refractivity contribution in [2.45, 2.75) is 25.2 Å². The van der Waals surface area contributed by atoms with Gasteiger partial charge >= 0.3 is 0 Å². The predicted octanol–water partition coefficient (Wildman–Crippen LogP) is -0.802. The van der Waals surface area contributed by atoms with Crippen LogP contribution in [0.3, 0.4) is 0 Å². The quantitative estimate of drug-likeness (QED) is 0.711. The van der Waals surface area contributed by atoms with Crippen molar-refractivity contribution < 1.29 is 9.53 Å². The Balaban J connectivity index is 1.37. The molecule has 126 valence electrons. The van der Waals surface area contributed by atoms with E-state index in [0.29, 0.717) is 13.2 Å². The van der Waals surface area contributed by atoms with Crippen molar-refractivity contribution in [3.63, 3.8) is 0 Å². The molecular weight excluding hydrogens is 296 g/mol. The van der Waals surface area contributed by atoms with E-state index in [4.69, 9.17) is 4.74 Å². The predicted molar refractivity (Wildman–Crippen MR) is 82.8 cm³/mol. The molecule has 4 rings (SSSR count). The van der Waals surface area contributed by atoms with Gasteiger partial charge in [0.25, 0.3) is 0 Å². The maximum Gasteiger partial charge on any atom is 0.236 e. The number of nitrogens with zero attached hydrogens (tertiary/aromatic N) is 6. The highest BCUT2D eigenvalue weighted by molar-refractivity contribution is 5.78. The number of carbonyl (C=O) groups is 1. The van der Waals surface area contributed by atoms with Crippen LogP contribution in [0.15, 0.2) is 6.20 Å². The topological polar surface area (TPSA) is 66.7 Å². The molecule has 1 amide bonds. The van der Waals surface area contributed by atoms with Gasteiger partial charge in [-0.15, -0.1) is 5.10 Å². The zero-order valence-corrected chi connectivity index (χ0v) is 13.6. The molecule has 2 atom stereocenters. The molecule has 0 N–H and O–H groups in total. The van der Waals surface area contributed by atoms with Gasteiger partial charge in [0.05, 0.1) is 37.2 Å². The summed E-state index contributed by atoms with van der Waals surface area (Å²) in [7, 11) is 2.10. The third-order valence-corrected chi connectivity index (χ3v) is 5.23. The molecule has 0 aromatic carbocycles. The highest BCUT2D eigenvalue weighted by Gasteiger charge is 2.37. The number of likely N-dealkylation sites (tertiary alicyclic amines) is 1. The Morgan fingerprint density at radius 1 is 1.30 bits per heavy atom. The number of rotatable bonds is 2. The minimum Gasteiger partial charge on any atom is -0.370 e. The van der Waals surface area contributed by atoms with E-state index in [0.717, 1.165) is 51.4 Å². The van der Waals surface area contributed by atoms with Crippen LogP contribution in [0, 0.1) is 0 Å². The first-order valence-electron chi connectivity index (χ1n) is 8.40. The molecule has 0 aliphatic carbocycles. The van der Waals surface area contributed by atoms with Crippen LogP contribution >= 0.6 is 0 Å². The molecule has 8 heteroatoms. The normalized spacial score (nSPS) is 29.2. The first-order chi connectivity index (χ1) is 11.2. The largest absolute Gasteiger partial charge is 0.370 e. The van der Waals surface area contributed by atoms with Crippen LogP contribution in [0.5, 0.6) is 0 Å². The van der Waals surface area contributed by atoms with Crippen LogP contribution in [-0.4, -0.2) is 94.6 Å². The first kappa shape index (κ1) is 15.0. The summed E-state index contributed by atoms with van der Waals surface area (Å²) in [6.45, 7) is 6.41. The molecule has 4 heterocycles. The summed E-state index contributed by atoms with van der Waals surface area (Å²) in [4.78, 5) is 19.0. The van der Waals surface area contributed by atoms with Gasteiger partial charge in [0, 0.05) is 39.3 Å². The fourth-order valence-electron chi connectivity index (χ4n) is 3.74. The van der Waals surface area contributed by atoms with Gasteiger partial charge in [-0.25, -0.2) is 4.68 Å². The number of carbonyl (C=O) groups excluding carboxylic acids is 1. The summed E-state index contributed by atoms with van der Waals surface area (Å²) in [6.07, 6.45) is 2.91. The molecule has 3 aliphatic rings. The average molecular weight is 320 g/mol. The molecule has 23 heavy (non-hydrogen) atoms. The molecule has 2 saturated heterocycles. The maximum atomic E-state index is 12.5. The van der Waals surface area contributed by atoms with E-state index in [1.807, 2.05) is 9.58 Å². The van der Waals surface area contributed by atoms with E-state index in [1.165, 1.54) is 0 Å². The van der Waals surface area contributed by atoms with E-state index >= 15 is 0 Å². The second kappa shape index (κ2) is 6.18. The second-order valence-corrected chi connectivity index (χ2v) is 6.79. The highest BCUT2D eigenvalue weighted by atomic mass is 16.5. The van der Waals surface area contributed by atoms with Crippen molar-refractivity contribution in [1.29, 1.82) is 0 Å². The third kappa shape index (κ3) is 2.98. The summed E-state index contributed by atoms with van der Waals surface area (Å²) in [5.41, 5.74) is 1.03. The van der Waals surface area contributed by atoms with Gasteiger partial charge < -0.3 is 14.5 Å². The van der Waals surface area contributed by atoms with Gasteiger partial charge in [-0.05, 0) is 13.5 Å². The zero-order valence-electron chi connectivity index (χ0n) is 13.6. The number of amides is 1. The lowest BCUT2D eigenvalue weighted by Gasteiger charge is -2.41. The Morgan fingerprint density at radius 2 is 2.13 bits per heavy atom. The molecule has 0 spiro atoms. The minimum atomic E-state index is 0.176. The number of aromatic nitrogens is 3. The minimum absolute atomic E-state index is 0.176. The lowest BCUT2D eigenvalue weighted by molar-refractivity contribution is -0.136. The van der Waals surface area contributed by atoms with Crippen LogP contribution in [0.25, 0.3) is 0 Å². The Kier molecular flexibility index (Phi) is 4.04. The van der Waals surface area contributed by atoms with E-state index in [-0.39, 0.29) is 18.1 Å². The second-order valence-electron chi connectivity index (χ2n) is 6.79. The van der Waals surface area contributed by atoms with Crippen LogP contribution in [0.4, 0.5) is 0 Å². The number of hydrogen-bond acceptors (Lipinski definition) is 6. The van der Waals surface area contributed by atoms with Crippen molar-refractivity contribution >= 4 is 5.91 Å². The molecule has 2 fully saturated rings. The van der Waals surface area contributed by atoms with E-state index in [2.05, 4.69) is 27.2 Å². The molecule has 8 nitrogen and oxygen atoms in total. The van der Waals surface area contributed by atoms with Crippen LogP contribution in [0.2, 0.25) is 0 Å². The van der Waals surface area contributed by atoms with E-state index in [9.17, 15) is 4.79 Å². The maximum absolute atomic E-state index is 12.5. The average Bonchev–Trinajstić information content (AvgIpc) is 3.04. The van der Waals surface area contributed by atoms with Gasteiger partial charge in [-0.2, -0.15) is 0 Å². The summed E-state index contributed by atoms with van der Waals surface area (Å²) in [5.74, 6) is 0.243. The molecule has 0 saturated carbocycles. The van der Waals surface area contributed by atoms with Gasteiger partial charge in [0.1, 0.15) is 0 Å². The Bertz CT molecular complexity index is 568. The molecule has 3 aliphatic heterocycles. The van der Waals surface area contributed by atoms with Gasteiger partial charge in [0.2, 0.25) is 5.91 Å². The summed E-state index contributed by atoms with van der Waals surface area (Å²) in [5, 5.41) is 8.21. The number of piperidine rings is 1. The smallest absolute Gasteiger partial charge is 0.236 e. The lowest BCUT2D eigenvalue weighted by atomic mass is 10.0. The number of hydrogen-bond donors (Lipinski definition) is 0. The number of fused-ring (bicyclic) bond motifs is 3. The lowest BCUT2D eigenvalue weighted by Crippen LogP contribution is -2.53. The third-order valence-electron chi connectivity index (χ3n) is 5.23. The van der Waals surface area contributed by atoms with Crippen molar-refractivity contribution in [2.24, 2.45) is 0 Å². The molecule has 0 radical (unpaired) electrons. The molecule has 0 bridgehead atoms. The van der Waals surface area contributed by atoms with Crippen molar-refractivity contribution in [3.05, 3.63) is 11.9 Å². The van der Waals surface area contributed by atoms with Gasteiger partial charge in [-0.1, -0.05) is 5.21 Å². The standard InChI is InChI=1S/C15H24N6O2/c1-18-4-6-20(7-5-18)15(22)10-19-3-2-14-13(9-19)21-12(11-23-14)8-16-17-21/h8,13-14H,2-7,9-11H2,1H3/t13-,14-/m0/s1. The monoisotopic (exact) mass is 320 g/mol. The molecule has 1 aromatic heterocycles. The first-order valence-corrected chi connectivity index (χ1v) is 8.40. The molecule has 1 aromatic rings. The van der Waals surface area contributed by atoms with Crippen LogP contribution in [-0.2, 0) is 16.1 Å². The van der Waals surface area contributed by atoms with E-state index in [1.54, 1.807) is 6.20 Å². The molecular formula is C15H24N6O2. The number of ether oxygens (including phenoxy) is 1. The van der Waals surface area contributed by atoms with Crippen molar-refractivity contribution in [3.8, 4) is 0 Å². The fraction of sp³-hybridized carbons (Fsp3) is 0.800. The van der Waals surface area contributed by atoms with Crippen LogP contribution < -0.4 is 0 Å². The Hall–Kier alpha value is -1.51. The van der Waals surface area contributed by atoms with Crippen molar-refractivity contribution in [2.75, 3.05) is 52.9 Å². The van der Waals surface area contributed by atoms with Gasteiger partial charge in [0.15, 0.2) is 0 Å². The zero-order chi connectivity index (χ0) is 15.8. The Labute approximate surface area is 136 Å². The summed E-state index contributed by atoms with van der Waals surface area (Å²) < 4.78 is 7.91. The SMILES string of the molecule is CN1CCN(C(=O)CN2CC[C@@H]3OCc4cnnn4[C@H]3C2)CC1. The fourth-order valence-corrected chi connectivity index (χ4v) is 3.74. The number of likely N-dealkylation sites (N-methyl/N-ethyl adjacent to an activating group) is 1. The van der Waals surface area contributed by atoms with Crippen molar-refractivity contribution in [1.82, 2.24) is 29.7 Å². The van der Waals surface area contributed by atoms with Crippen LogP contribution in [0.1, 0.15) is 18.2 Å². The highest BCUT2D eigenvalue weighted by Crippen LogP contribution is 2.29. The Morgan fingerprint density at radius 3 is 2.96 bits per heavy atom. The summed E-state index contributed by atoms with van der Waals surface area (Å²) >= 11 is 0. The number of piperazine rings is 1. The summed E-state index contributed by atoms with van der Waals surface area (Å²) in [6, 6.07) is 0.176. The van der Waals surface area contributed by atoms with Gasteiger partial charge in [-0.3, -0.25) is 9.69 Å².